The fourth-order valence-electron chi connectivity index (χ4n) is 1.13. The number of benzene rings is 1. The third-order valence-electron chi connectivity index (χ3n) is 2.17. The molecule has 1 amide bonds. The number of halogens is 2. The van der Waals surface area contributed by atoms with Gasteiger partial charge >= 0.3 is 5.97 Å². The highest BCUT2D eigenvalue weighted by molar-refractivity contribution is 6.39. The van der Waals surface area contributed by atoms with Crippen LogP contribution in [0.2, 0.25) is 10.0 Å². The molecule has 1 rings (SSSR count). The molecule has 0 aliphatic rings. The molecule has 18 heavy (non-hydrogen) atoms. The number of rotatable bonds is 5. The summed E-state index contributed by atoms with van der Waals surface area (Å²) in [5.74, 6) is -1.45. The summed E-state index contributed by atoms with van der Waals surface area (Å²) < 4.78 is 0. The molecule has 5 nitrogen and oxygen atoms in total. The van der Waals surface area contributed by atoms with E-state index in [4.69, 9.17) is 28.3 Å². The number of carboxylic acids is 1. The largest absolute Gasteiger partial charge is 0.480 e. The second-order valence-corrected chi connectivity index (χ2v) is 4.40. The van der Waals surface area contributed by atoms with E-state index in [1.807, 2.05) is 0 Å². The van der Waals surface area contributed by atoms with E-state index in [9.17, 15) is 9.59 Å². The van der Waals surface area contributed by atoms with Gasteiger partial charge in [0.25, 0.3) is 0 Å². The Morgan fingerprint density at radius 3 is 2.39 bits per heavy atom. The molecule has 7 heteroatoms. The highest BCUT2D eigenvalue weighted by Gasteiger charge is 2.13. The maximum absolute atomic E-state index is 11.6. The van der Waals surface area contributed by atoms with Crippen LogP contribution >= 0.6 is 23.2 Å². The molecule has 0 aromatic heterocycles. The molecule has 1 atom stereocenters. The van der Waals surface area contributed by atoms with Crippen molar-refractivity contribution >= 4 is 40.8 Å². The summed E-state index contributed by atoms with van der Waals surface area (Å²) in [6.07, 6.45) is 0. The zero-order valence-electron chi connectivity index (χ0n) is 9.54. The number of hydrogen-bond donors (Lipinski definition) is 3. The van der Waals surface area contributed by atoms with Gasteiger partial charge in [-0.25, -0.2) is 0 Å². The van der Waals surface area contributed by atoms with Crippen molar-refractivity contribution in [1.29, 1.82) is 0 Å². The first-order valence-electron chi connectivity index (χ1n) is 5.12. The standard InChI is InChI=1S/C11H12Cl2N2O3/c1-6(11(17)18)14-5-9(16)15-10-7(12)3-2-4-8(10)13/h2-4,6,14H,5H2,1H3,(H,15,16)(H,17,18)/t6-/m1/s1. The van der Waals surface area contributed by atoms with Crippen LogP contribution in [0.1, 0.15) is 6.92 Å². The number of anilines is 1. The number of hydrogen-bond acceptors (Lipinski definition) is 3. The average molecular weight is 291 g/mol. The summed E-state index contributed by atoms with van der Waals surface area (Å²) in [6, 6.07) is 4.04. The minimum Gasteiger partial charge on any atom is -0.480 e. The molecule has 0 aliphatic carbocycles. The fraction of sp³-hybridized carbons (Fsp3) is 0.273. The smallest absolute Gasteiger partial charge is 0.320 e. The van der Waals surface area contributed by atoms with Gasteiger partial charge in [-0.1, -0.05) is 29.3 Å². The first-order chi connectivity index (χ1) is 8.41. The fourth-order valence-corrected chi connectivity index (χ4v) is 1.63. The molecule has 0 saturated heterocycles. The molecular weight excluding hydrogens is 279 g/mol. The van der Waals surface area contributed by atoms with E-state index in [0.29, 0.717) is 15.7 Å². The Labute approximate surface area is 114 Å². The van der Waals surface area contributed by atoms with Crippen LogP contribution in [0.15, 0.2) is 18.2 Å². The van der Waals surface area contributed by atoms with Crippen molar-refractivity contribution < 1.29 is 14.7 Å². The highest BCUT2D eigenvalue weighted by Crippen LogP contribution is 2.29. The van der Waals surface area contributed by atoms with Crippen molar-refractivity contribution in [2.45, 2.75) is 13.0 Å². The first-order valence-corrected chi connectivity index (χ1v) is 5.87. The molecular formula is C11H12Cl2N2O3. The summed E-state index contributed by atoms with van der Waals surface area (Å²) >= 11 is 11.7. The van der Waals surface area contributed by atoms with Gasteiger partial charge < -0.3 is 10.4 Å². The zero-order valence-corrected chi connectivity index (χ0v) is 11.0. The van der Waals surface area contributed by atoms with Gasteiger partial charge in [-0.15, -0.1) is 0 Å². The van der Waals surface area contributed by atoms with Crippen molar-refractivity contribution in [3.05, 3.63) is 28.2 Å². The van der Waals surface area contributed by atoms with Crippen molar-refractivity contribution in [2.24, 2.45) is 0 Å². The maximum Gasteiger partial charge on any atom is 0.320 e. The van der Waals surface area contributed by atoms with E-state index in [-0.39, 0.29) is 6.54 Å². The Bertz CT molecular complexity index is 445. The van der Waals surface area contributed by atoms with Gasteiger partial charge in [0.15, 0.2) is 0 Å². The predicted octanol–water partition coefficient (Wildman–Crippen LogP) is 1.99. The van der Waals surface area contributed by atoms with Crippen molar-refractivity contribution in [3.8, 4) is 0 Å². The zero-order chi connectivity index (χ0) is 13.7. The first kappa shape index (κ1) is 14.8. The summed E-state index contributed by atoms with van der Waals surface area (Å²) in [7, 11) is 0. The summed E-state index contributed by atoms with van der Waals surface area (Å²) in [4.78, 5) is 22.1. The predicted molar refractivity (Wildman–Crippen MR) is 70.2 cm³/mol. The summed E-state index contributed by atoms with van der Waals surface area (Å²) in [6.45, 7) is 1.30. The number of nitrogens with one attached hydrogen (secondary N) is 2. The number of para-hydroxylation sites is 1. The van der Waals surface area contributed by atoms with E-state index in [1.54, 1.807) is 18.2 Å². The lowest BCUT2D eigenvalue weighted by atomic mass is 10.3. The third-order valence-corrected chi connectivity index (χ3v) is 2.80. The maximum atomic E-state index is 11.6. The molecule has 1 aromatic carbocycles. The van der Waals surface area contributed by atoms with Crippen LogP contribution in [0.3, 0.4) is 0 Å². The Morgan fingerprint density at radius 2 is 1.89 bits per heavy atom. The monoisotopic (exact) mass is 290 g/mol. The minimum absolute atomic E-state index is 0.144. The lowest BCUT2D eigenvalue weighted by Crippen LogP contribution is -2.39. The number of carboxylic acid groups (broad SMARTS) is 1. The molecule has 0 unspecified atom stereocenters. The molecule has 98 valence electrons. The number of aliphatic carboxylic acids is 1. The molecule has 0 spiro atoms. The van der Waals surface area contributed by atoms with Gasteiger partial charge in [0.1, 0.15) is 6.04 Å². The second-order valence-electron chi connectivity index (χ2n) is 3.59. The number of carbonyl (C=O) groups is 2. The van der Waals surface area contributed by atoms with Gasteiger partial charge in [-0.2, -0.15) is 0 Å². The Hall–Kier alpha value is -1.30. The molecule has 0 bridgehead atoms. The van der Waals surface area contributed by atoms with Crippen LogP contribution < -0.4 is 10.6 Å². The van der Waals surface area contributed by atoms with Crippen LogP contribution in [0.5, 0.6) is 0 Å². The van der Waals surface area contributed by atoms with Crippen LogP contribution in [0.25, 0.3) is 0 Å². The van der Waals surface area contributed by atoms with E-state index in [2.05, 4.69) is 10.6 Å². The van der Waals surface area contributed by atoms with E-state index >= 15 is 0 Å². The highest BCUT2D eigenvalue weighted by atomic mass is 35.5. The summed E-state index contributed by atoms with van der Waals surface area (Å²) in [5.41, 5.74) is 0.315. The van der Waals surface area contributed by atoms with Gasteiger partial charge in [0.05, 0.1) is 22.3 Å². The average Bonchev–Trinajstić information content (AvgIpc) is 2.30. The number of carbonyl (C=O) groups excluding carboxylic acids is 1. The topological polar surface area (TPSA) is 78.4 Å². The summed E-state index contributed by atoms with van der Waals surface area (Å²) in [5, 5.41) is 14.3. The van der Waals surface area contributed by atoms with Gasteiger partial charge in [0.2, 0.25) is 5.91 Å². The molecule has 0 saturated carbocycles. The molecule has 3 N–H and O–H groups in total. The van der Waals surface area contributed by atoms with Crippen molar-refractivity contribution in [2.75, 3.05) is 11.9 Å². The van der Waals surface area contributed by atoms with Gasteiger partial charge in [0, 0.05) is 0 Å². The normalized spacial score (nSPS) is 11.9. The molecule has 0 radical (unpaired) electrons. The van der Waals surface area contributed by atoms with Crippen LogP contribution in [-0.2, 0) is 9.59 Å². The van der Waals surface area contributed by atoms with E-state index in [1.165, 1.54) is 6.92 Å². The third kappa shape index (κ3) is 4.18. The number of amides is 1. The molecule has 0 fully saturated rings. The Morgan fingerprint density at radius 1 is 1.33 bits per heavy atom. The molecule has 0 aliphatic heterocycles. The quantitative estimate of drug-likeness (QED) is 0.775. The Kier molecular flexibility index (Phi) is 5.40. The van der Waals surface area contributed by atoms with Crippen LogP contribution in [0, 0.1) is 0 Å². The van der Waals surface area contributed by atoms with Crippen LogP contribution in [-0.4, -0.2) is 29.6 Å². The van der Waals surface area contributed by atoms with Crippen LogP contribution in [0.4, 0.5) is 5.69 Å². The Balaban J connectivity index is 2.58. The van der Waals surface area contributed by atoms with E-state index in [0.717, 1.165) is 0 Å². The van der Waals surface area contributed by atoms with Crippen molar-refractivity contribution in [1.82, 2.24) is 5.32 Å². The second kappa shape index (κ2) is 6.58. The van der Waals surface area contributed by atoms with Gasteiger partial charge in [-0.3, -0.25) is 14.9 Å². The lowest BCUT2D eigenvalue weighted by molar-refractivity contribution is -0.139. The van der Waals surface area contributed by atoms with E-state index < -0.39 is 17.9 Å². The lowest BCUT2D eigenvalue weighted by Gasteiger charge is -2.11. The molecule has 0 heterocycles. The molecule has 1 aromatic rings. The van der Waals surface area contributed by atoms with Crippen molar-refractivity contribution in [3.63, 3.8) is 0 Å². The van der Waals surface area contributed by atoms with Gasteiger partial charge in [-0.05, 0) is 19.1 Å². The SMILES string of the molecule is C[C@@H](NCC(=O)Nc1c(Cl)cccc1Cl)C(=O)O. The minimum atomic E-state index is -1.03.